The van der Waals surface area contributed by atoms with E-state index in [1.165, 1.54) is 11.0 Å². The maximum Gasteiger partial charge on any atom is 0.253 e. The third-order valence-corrected chi connectivity index (χ3v) is 4.44. The van der Waals surface area contributed by atoms with Crippen LogP contribution in [0.15, 0.2) is 66.7 Å². The molecule has 0 bridgehead atoms. The average Bonchev–Trinajstić information content (AvgIpc) is 2.67. The first-order chi connectivity index (χ1) is 13.0. The van der Waals surface area contributed by atoms with Gasteiger partial charge in [0.25, 0.3) is 5.91 Å². The number of carbonyl (C=O) groups is 2. The molecule has 0 radical (unpaired) electrons. The molecule has 0 aliphatic rings. The molecule has 3 rings (SSSR count). The van der Waals surface area contributed by atoms with Crippen molar-refractivity contribution in [2.45, 2.75) is 0 Å². The van der Waals surface area contributed by atoms with Gasteiger partial charge in [0.15, 0.2) is 0 Å². The van der Waals surface area contributed by atoms with Crippen LogP contribution in [0.4, 0.5) is 5.69 Å². The first-order valence-corrected chi connectivity index (χ1v) is 8.81. The Morgan fingerprint density at radius 2 is 1.74 bits per heavy atom. The standard InChI is InChI=1S/C22H19ClN2O2/c1-25(2)22(27)17-10-12-19(23)20(14-17)24-21(26)13-11-16-8-5-7-15-6-3-4-9-18(15)16/h3-14H,1-2H3,(H,24,26)/b13-11+. The van der Waals surface area contributed by atoms with Gasteiger partial charge < -0.3 is 10.2 Å². The molecule has 3 aromatic rings. The smallest absolute Gasteiger partial charge is 0.253 e. The second-order valence-corrected chi connectivity index (χ2v) is 6.69. The zero-order chi connectivity index (χ0) is 19.4. The molecule has 0 fully saturated rings. The molecule has 2 amide bonds. The number of halogens is 1. The number of hydrogen-bond acceptors (Lipinski definition) is 2. The van der Waals surface area contributed by atoms with Crippen molar-refractivity contribution >= 4 is 46.0 Å². The Morgan fingerprint density at radius 1 is 1.00 bits per heavy atom. The van der Waals surface area contributed by atoms with Crippen molar-refractivity contribution in [3.8, 4) is 0 Å². The highest BCUT2D eigenvalue weighted by Gasteiger charge is 2.11. The molecule has 0 saturated heterocycles. The van der Waals surface area contributed by atoms with E-state index < -0.39 is 0 Å². The maximum absolute atomic E-state index is 12.3. The Balaban J connectivity index is 1.80. The van der Waals surface area contributed by atoms with Crippen LogP contribution in [0.25, 0.3) is 16.8 Å². The molecular weight excluding hydrogens is 360 g/mol. The highest BCUT2D eigenvalue weighted by Crippen LogP contribution is 2.24. The fraction of sp³-hybridized carbons (Fsp3) is 0.0909. The van der Waals surface area contributed by atoms with Gasteiger partial charge >= 0.3 is 0 Å². The average molecular weight is 379 g/mol. The van der Waals surface area contributed by atoms with Crippen molar-refractivity contribution in [3.63, 3.8) is 0 Å². The van der Waals surface area contributed by atoms with E-state index in [1.807, 2.05) is 42.5 Å². The van der Waals surface area contributed by atoms with Gasteiger partial charge in [-0.15, -0.1) is 0 Å². The van der Waals surface area contributed by atoms with Crippen LogP contribution >= 0.6 is 11.6 Å². The molecule has 3 aromatic carbocycles. The van der Waals surface area contributed by atoms with Crippen LogP contribution in [0.5, 0.6) is 0 Å². The third-order valence-electron chi connectivity index (χ3n) is 4.11. The summed E-state index contributed by atoms with van der Waals surface area (Å²) >= 11 is 6.16. The molecule has 0 aliphatic heterocycles. The second kappa shape index (κ2) is 8.06. The van der Waals surface area contributed by atoms with Crippen molar-refractivity contribution in [2.24, 2.45) is 0 Å². The summed E-state index contributed by atoms with van der Waals surface area (Å²) in [5.74, 6) is -0.479. The Hall–Kier alpha value is -3.11. The van der Waals surface area contributed by atoms with E-state index in [0.717, 1.165) is 16.3 Å². The number of carbonyl (C=O) groups excluding carboxylic acids is 2. The van der Waals surface area contributed by atoms with E-state index in [2.05, 4.69) is 5.32 Å². The van der Waals surface area contributed by atoms with Crippen molar-refractivity contribution in [1.29, 1.82) is 0 Å². The molecule has 1 N–H and O–H groups in total. The van der Waals surface area contributed by atoms with Crippen molar-refractivity contribution < 1.29 is 9.59 Å². The number of nitrogens with zero attached hydrogens (tertiary/aromatic N) is 1. The van der Waals surface area contributed by atoms with Crippen LogP contribution in [0, 0.1) is 0 Å². The minimum Gasteiger partial charge on any atom is -0.345 e. The summed E-state index contributed by atoms with van der Waals surface area (Å²) in [7, 11) is 3.34. The van der Waals surface area contributed by atoms with Crippen LogP contribution in [0.2, 0.25) is 5.02 Å². The molecular formula is C22H19ClN2O2. The molecule has 4 nitrogen and oxygen atoms in total. The highest BCUT2D eigenvalue weighted by atomic mass is 35.5. The molecule has 0 atom stereocenters. The highest BCUT2D eigenvalue weighted by molar-refractivity contribution is 6.34. The van der Waals surface area contributed by atoms with E-state index in [-0.39, 0.29) is 11.8 Å². The quantitative estimate of drug-likeness (QED) is 0.660. The molecule has 0 saturated carbocycles. The monoisotopic (exact) mass is 378 g/mol. The molecule has 0 spiro atoms. The van der Waals surface area contributed by atoms with E-state index >= 15 is 0 Å². The van der Waals surface area contributed by atoms with Crippen molar-refractivity contribution in [3.05, 3.63) is 82.9 Å². The molecule has 0 heterocycles. The van der Waals surface area contributed by atoms with E-state index in [0.29, 0.717) is 16.3 Å². The maximum atomic E-state index is 12.3. The van der Waals surface area contributed by atoms with Crippen LogP contribution in [-0.2, 0) is 4.79 Å². The summed E-state index contributed by atoms with van der Waals surface area (Å²) in [4.78, 5) is 25.9. The van der Waals surface area contributed by atoms with Gasteiger partial charge in [0.2, 0.25) is 5.91 Å². The van der Waals surface area contributed by atoms with Gasteiger partial charge in [-0.1, -0.05) is 54.1 Å². The molecule has 0 aliphatic carbocycles. The lowest BCUT2D eigenvalue weighted by Gasteiger charge is -2.12. The van der Waals surface area contributed by atoms with Crippen molar-refractivity contribution in [2.75, 3.05) is 19.4 Å². The lowest BCUT2D eigenvalue weighted by Crippen LogP contribution is -2.21. The first kappa shape index (κ1) is 18.7. The fourth-order valence-electron chi connectivity index (χ4n) is 2.75. The Labute approximate surface area is 163 Å². The number of nitrogens with one attached hydrogen (secondary N) is 1. The number of fused-ring (bicyclic) bond motifs is 1. The van der Waals surface area contributed by atoms with Gasteiger partial charge in [-0.2, -0.15) is 0 Å². The van der Waals surface area contributed by atoms with Gasteiger partial charge in [0, 0.05) is 25.7 Å². The second-order valence-electron chi connectivity index (χ2n) is 6.29. The SMILES string of the molecule is CN(C)C(=O)c1ccc(Cl)c(NC(=O)/C=C/c2cccc3ccccc23)c1. The van der Waals surface area contributed by atoms with Crippen molar-refractivity contribution in [1.82, 2.24) is 4.90 Å². The van der Waals surface area contributed by atoms with Gasteiger partial charge in [0.05, 0.1) is 10.7 Å². The molecule has 27 heavy (non-hydrogen) atoms. The summed E-state index contributed by atoms with van der Waals surface area (Å²) < 4.78 is 0. The number of benzene rings is 3. The van der Waals surface area contributed by atoms with Gasteiger partial charge in [-0.25, -0.2) is 0 Å². The fourth-order valence-corrected chi connectivity index (χ4v) is 2.91. The minimum absolute atomic E-state index is 0.159. The predicted molar refractivity (Wildman–Crippen MR) is 111 cm³/mol. The Morgan fingerprint density at radius 3 is 2.52 bits per heavy atom. The summed E-state index contributed by atoms with van der Waals surface area (Å²) in [6.45, 7) is 0. The minimum atomic E-state index is -0.320. The zero-order valence-electron chi connectivity index (χ0n) is 15.1. The van der Waals surface area contributed by atoms with Crippen LogP contribution < -0.4 is 5.32 Å². The third kappa shape index (κ3) is 4.36. The Bertz CT molecular complexity index is 1040. The van der Waals surface area contributed by atoms with E-state index in [1.54, 1.807) is 38.4 Å². The predicted octanol–water partition coefficient (Wildman–Crippen LogP) is 4.85. The number of hydrogen-bond donors (Lipinski definition) is 1. The van der Waals surface area contributed by atoms with Gasteiger partial charge in [0.1, 0.15) is 0 Å². The molecule has 5 heteroatoms. The van der Waals surface area contributed by atoms with E-state index in [9.17, 15) is 9.59 Å². The van der Waals surface area contributed by atoms with Crippen LogP contribution in [0.3, 0.4) is 0 Å². The van der Waals surface area contributed by atoms with Gasteiger partial charge in [-0.3, -0.25) is 9.59 Å². The topological polar surface area (TPSA) is 49.4 Å². The van der Waals surface area contributed by atoms with Crippen LogP contribution in [-0.4, -0.2) is 30.8 Å². The molecule has 136 valence electrons. The zero-order valence-corrected chi connectivity index (χ0v) is 15.8. The molecule has 0 unspecified atom stereocenters. The largest absolute Gasteiger partial charge is 0.345 e. The number of rotatable bonds is 4. The van der Waals surface area contributed by atoms with Crippen LogP contribution in [0.1, 0.15) is 15.9 Å². The lowest BCUT2D eigenvalue weighted by atomic mass is 10.0. The summed E-state index contributed by atoms with van der Waals surface area (Å²) in [5.41, 5.74) is 1.81. The summed E-state index contributed by atoms with van der Waals surface area (Å²) in [6.07, 6.45) is 3.22. The molecule has 0 aromatic heterocycles. The van der Waals surface area contributed by atoms with Gasteiger partial charge in [-0.05, 0) is 40.6 Å². The first-order valence-electron chi connectivity index (χ1n) is 8.44. The number of amides is 2. The summed E-state index contributed by atoms with van der Waals surface area (Å²) in [6, 6.07) is 18.7. The van der Waals surface area contributed by atoms with E-state index in [4.69, 9.17) is 11.6 Å². The number of anilines is 1. The normalized spacial score (nSPS) is 10.9. The summed E-state index contributed by atoms with van der Waals surface area (Å²) in [5, 5.41) is 5.29. The Kier molecular flexibility index (Phi) is 5.57. The lowest BCUT2D eigenvalue weighted by molar-refractivity contribution is -0.111.